The minimum absolute atomic E-state index is 0.0520. The summed E-state index contributed by atoms with van der Waals surface area (Å²) in [4.78, 5) is 13.5. The molecular formula is C12H14N4O. The first-order chi connectivity index (χ1) is 8.20. The number of anilines is 2. The highest BCUT2D eigenvalue weighted by molar-refractivity contribution is 5.82. The highest BCUT2D eigenvalue weighted by Crippen LogP contribution is 2.29. The SMILES string of the molecule is N#CCNC(=O)CN1CCc2ccc(N)cc21. The van der Waals surface area contributed by atoms with E-state index >= 15 is 0 Å². The highest BCUT2D eigenvalue weighted by atomic mass is 16.2. The molecule has 0 aromatic heterocycles. The standard InChI is InChI=1S/C12H14N4O/c13-4-5-15-12(17)8-16-6-3-9-1-2-10(14)7-11(9)16/h1-2,7H,3,5-6,8,14H2,(H,15,17). The summed E-state index contributed by atoms with van der Waals surface area (Å²) in [6, 6.07) is 7.64. The molecule has 1 aromatic carbocycles. The Labute approximate surface area is 99.8 Å². The van der Waals surface area contributed by atoms with Crippen LogP contribution in [0.4, 0.5) is 11.4 Å². The molecule has 5 heteroatoms. The molecular weight excluding hydrogens is 216 g/mol. The predicted molar refractivity (Wildman–Crippen MR) is 65.4 cm³/mol. The van der Waals surface area contributed by atoms with Gasteiger partial charge in [-0.3, -0.25) is 4.79 Å². The maximum atomic E-state index is 11.5. The first-order valence-corrected chi connectivity index (χ1v) is 5.47. The predicted octanol–water partition coefficient (Wildman–Crippen LogP) is 0.271. The maximum Gasteiger partial charge on any atom is 0.240 e. The van der Waals surface area contributed by atoms with E-state index in [4.69, 9.17) is 11.0 Å². The second-order valence-corrected chi connectivity index (χ2v) is 3.99. The van der Waals surface area contributed by atoms with Gasteiger partial charge in [0.15, 0.2) is 0 Å². The summed E-state index contributed by atoms with van der Waals surface area (Å²) >= 11 is 0. The lowest BCUT2D eigenvalue weighted by molar-refractivity contribution is -0.119. The number of carbonyl (C=O) groups is 1. The van der Waals surface area contributed by atoms with Gasteiger partial charge in [-0.1, -0.05) is 6.07 Å². The average Bonchev–Trinajstić information content (AvgIpc) is 2.69. The molecule has 0 radical (unpaired) electrons. The number of hydrogen-bond donors (Lipinski definition) is 2. The second kappa shape index (κ2) is 4.74. The van der Waals surface area contributed by atoms with E-state index in [0.29, 0.717) is 5.69 Å². The van der Waals surface area contributed by atoms with Crippen LogP contribution < -0.4 is 16.0 Å². The number of nitrogen functional groups attached to an aromatic ring is 1. The number of nitrogens with two attached hydrogens (primary N) is 1. The number of hydrogen-bond acceptors (Lipinski definition) is 4. The van der Waals surface area contributed by atoms with Gasteiger partial charge in [-0.2, -0.15) is 5.26 Å². The van der Waals surface area contributed by atoms with E-state index in [1.807, 2.05) is 29.2 Å². The fourth-order valence-electron chi connectivity index (χ4n) is 1.99. The summed E-state index contributed by atoms with van der Waals surface area (Å²) in [6.45, 7) is 1.15. The van der Waals surface area contributed by atoms with E-state index in [9.17, 15) is 4.79 Å². The molecule has 0 saturated heterocycles. The number of nitrogens with zero attached hydrogens (tertiary/aromatic N) is 2. The lowest BCUT2D eigenvalue weighted by Crippen LogP contribution is -2.36. The van der Waals surface area contributed by atoms with E-state index in [1.165, 1.54) is 5.56 Å². The molecule has 1 aromatic rings. The van der Waals surface area contributed by atoms with Crippen molar-refractivity contribution in [1.82, 2.24) is 5.32 Å². The van der Waals surface area contributed by atoms with Gasteiger partial charge in [0.25, 0.3) is 0 Å². The largest absolute Gasteiger partial charge is 0.399 e. The minimum atomic E-state index is -0.137. The monoisotopic (exact) mass is 230 g/mol. The molecule has 5 nitrogen and oxygen atoms in total. The number of nitriles is 1. The van der Waals surface area contributed by atoms with E-state index in [1.54, 1.807) is 0 Å². The first kappa shape index (κ1) is 11.3. The Kier molecular flexibility index (Phi) is 3.15. The van der Waals surface area contributed by atoms with Gasteiger partial charge >= 0.3 is 0 Å². The van der Waals surface area contributed by atoms with Gasteiger partial charge in [0.2, 0.25) is 5.91 Å². The van der Waals surface area contributed by atoms with Crippen molar-refractivity contribution in [3.05, 3.63) is 23.8 Å². The fourth-order valence-corrected chi connectivity index (χ4v) is 1.99. The number of benzene rings is 1. The van der Waals surface area contributed by atoms with Gasteiger partial charge in [-0.25, -0.2) is 0 Å². The molecule has 0 atom stereocenters. The quantitative estimate of drug-likeness (QED) is 0.577. The van der Waals surface area contributed by atoms with Crippen LogP contribution in [-0.2, 0) is 11.2 Å². The number of carbonyl (C=O) groups excluding carboxylic acids is 1. The van der Waals surface area contributed by atoms with Crippen molar-refractivity contribution in [2.24, 2.45) is 0 Å². The molecule has 17 heavy (non-hydrogen) atoms. The zero-order valence-electron chi connectivity index (χ0n) is 9.44. The number of rotatable bonds is 3. The van der Waals surface area contributed by atoms with Crippen molar-refractivity contribution in [3.8, 4) is 6.07 Å². The van der Waals surface area contributed by atoms with Crippen molar-refractivity contribution in [2.45, 2.75) is 6.42 Å². The third kappa shape index (κ3) is 2.48. The summed E-state index contributed by atoms with van der Waals surface area (Å²) < 4.78 is 0. The summed E-state index contributed by atoms with van der Waals surface area (Å²) in [6.07, 6.45) is 0.932. The molecule has 1 aliphatic heterocycles. The summed E-state index contributed by atoms with van der Waals surface area (Å²) in [5.41, 5.74) is 8.68. The van der Waals surface area contributed by atoms with Crippen molar-refractivity contribution in [2.75, 3.05) is 30.3 Å². The molecule has 0 spiro atoms. The van der Waals surface area contributed by atoms with E-state index in [-0.39, 0.29) is 19.0 Å². The molecule has 1 aliphatic rings. The van der Waals surface area contributed by atoms with Gasteiger partial charge in [0, 0.05) is 17.9 Å². The number of amides is 1. The van der Waals surface area contributed by atoms with Crippen LogP contribution in [0.15, 0.2) is 18.2 Å². The minimum Gasteiger partial charge on any atom is -0.399 e. The van der Waals surface area contributed by atoms with Crippen LogP contribution in [0, 0.1) is 11.3 Å². The zero-order valence-corrected chi connectivity index (χ0v) is 9.44. The molecule has 0 fully saturated rings. The topological polar surface area (TPSA) is 82.2 Å². The Morgan fingerprint density at radius 2 is 2.41 bits per heavy atom. The van der Waals surface area contributed by atoms with Crippen molar-refractivity contribution in [1.29, 1.82) is 5.26 Å². The highest BCUT2D eigenvalue weighted by Gasteiger charge is 2.20. The summed E-state index contributed by atoms with van der Waals surface area (Å²) in [5.74, 6) is -0.137. The molecule has 0 bridgehead atoms. The third-order valence-electron chi connectivity index (χ3n) is 2.80. The Balaban J connectivity index is 2.04. The average molecular weight is 230 g/mol. The van der Waals surface area contributed by atoms with Crippen LogP contribution in [0.2, 0.25) is 0 Å². The van der Waals surface area contributed by atoms with Gasteiger partial charge in [-0.15, -0.1) is 0 Å². The fraction of sp³-hybridized carbons (Fsp3) is 0.333. The first-order valence-electron chi connectivity index (χ1n) is 5.47. The molecule has 0 saturated carbocycles. The molecule has 1 amide bonds. The molecule has 0 unspecified atom stereocenters. The molecule has 88 valence electrons. The Hall–Kier alpha value is -2.22. The van der Waals surface area contributed by atoms with Crippen LogP contribution >= 0.6 is 0 Å². The molecule has 0 aliphatic carbocycles. The van der Waals surface area contributed by atoms with Crippen LogP contribution in [0.1, 0.15) is 5.56 Å². The molecule has 2 rings (SSSR count). The van der Waals surface area contributed by atoms with Gasteiger partial charge in [0.05, 0.1) is 12.6 Å². The second-order valence-electron chi connectivity index (χ2n) is 3.99. The van der Waals surface area contributed by atoms with Gasteiger partial charge < -0.3 is 16.0 Å². The third-order valence-corrected chi connectivity index (χ3v) is 2.80. The van der Waals surface area contributed by atoms with E-state index in [2.05, 4.69) is 5.32 Å². The Morgan fingerprint density at radius 1 is 1.59 bits per heavy atom. The zero-order chi connectivity index (χ0) is 12.3. The van der Waals surface area contributed by atoms with Crippen LogP contribution in [0.3, 0.4) is 0 Å². The summed E-state index contributed by atoms with van der Waals surface area (Å²) in [5, 5.41) is 10.9. The molecule has 3 N–H and O–H groups in total. The smallest absolute Gasteiger partial charge is 0.240 e. The van der Waals surface area contributed by atoms with Crippen LogP contribution in [0.5, 0.6) is 0 Å². The number of fused-ring (bicyclic) bond motifs is 1. The van der Waals surface area contributed by atoms with Gasteiger partial charge in [-0.05, 0) is 24.1 Å². The van der Waals surface area contributed by atoms with Gasteiger partial charge in [0.1, 0.15) is 6.54 Å². The molecule has 1 heterocycles. The van der Waals surface area contributed by atoms with Crippen molar-refractivity contribution in [3.63, 3.8) is 0 Å². The lowest BCUT2D eigenvalue weighted by atomic mass is 10.1. The van der Waals surface area contributed by atoms with Crippen LogP contribution in [0.25, 0.3) is 0 Å². The normalized spacial score (nSPS) is 13.0. The van der Waals surface area contributed by atoms with E-state index in [0.717, 1.165) is 18.7 Å². The number of nitrogens with one attached hydrogen (secondary N) is 1. The summed E-state index contributed by atoms with van der Waals surface area (Å²) in [7, 11) is 0. The van der Waals surface area contributed by atoms with E-state index < -0.39 is 0 Å². The van der Waals surface area contributed by atoms with Crippen molar-refractivity contribution >= 4 is 17.3 Å². The maximum absolute atomic E-state index is 11.5. The van der Waals surface area contributed by atoms with Crippen molar-refractivity contribution < 1.29 is 4.79 Å². The Bertz CT molecular complexity index is 478. The lowest BCUT2D eigenvalue weighted by Gasteiger charge is -2.18. The van der Waals surface area contributed by atoms with Crippen LogP contribution in [-0.4, -0.2) is 25.5 Å². The Morgan fingerprint density at radius 3 is 3.18 bits per heavy atom.